The molecule has 0 unspecified atom stereocenters. The van der Waals surface area contributed by atoms with E-state index in [-0.39, 0.29) is 0 Å². The van der Waals surface area contributed by atoms with Crippen LogP contribution in [0.4, 0.5) is 0 Å². The van der Waals surface area contributed by atoms with Crippen molar-refractivity contribution in [3.63, 3.8) is 0 Å². The first-order valence-corrected chi connectivity index (χ1v) is 2.72. The first-order chi connectivity index (χ1) is 3.91. The zero-order valence-electron chi connectivity index (χ0n) is 5.01. The molecule has 0 bridgehead atoms. The fraction of sp³-hybridized carbons (Fsp3) is 0.250. The van der Waals surface area contributed by atoms with Gasteiger partial charge in [-0.1, -0.05) is 30.9 Å². The fourth-order valence-corrected chi connectivity index (χ4v) is 0.389. The molecule has 0 aromatic carbocycles. The first kappa shape index (κ1) is 7.22. The molecule has 0 heterocycles. The lowest BCUT2D eigenvalue weighted by atomic mass is 10.3. The van der Waals surface area contributed by atoms with Gasteiger partial charge in [0.2, 0.25) is 0 Å². The number of unbranched alkanes of at least 4 members (excludes halogenated alkanes) is 1. The molecule has 0 atom stereocenters. The van der Waals surface area contributed by atoms with Crippen molar-refractivity contribution >= 4 is 0 Å². The molecule has 0 spiro atoms. The maximum Gasteiger partial charge on any atom is -0.0313 e. The average Bonchev–Trinajstić information content (AvgIpc) is 1.81. The minimum atomic E-state index is 1.03. The summed E-state index contributed by atoms with van der Waals surface area (Å²) in [6.45, 7) is 8.66. The summed E-state index contributed by atoms with van der Waals surface area (Å²) in [6, 6.07) is 0. The quantitative estimate of drug-likeness (QED) is 0.294. The minimum Gasteiger partial charge on any atom is -0.103 e. The molecule has 0 aliphatic heterocycles. The van der Waals surface area contributed by atoms with Gasteiger partial charge in [0.1, 0.15) is 0 Å². The summed E-state index contributed by atoms with van der Waals surface area (Å²) in [5.41, 5.74) is 0. The van der Waals surface area contributed by atoms with Gasteiger partial charge >= 0.3 is 0 Å². The van der Waals surface area contributed by atoms with E-state index in [1.807, 2.05) is 18.2 Å². The maximum atomic E-state index is 5.07. The smallest absolute Gasteiger partial charge is 0.0313 e. The molecule has 0 aromatic rings. The van der Waals surface area contributed by atoms with Crippen LogP contribution in [0.5, 0.6) is 0 Å². The maximum absolute atomic E-state index is 5.07. The standard InChI is InChI=1S/C8H11/c1-3-5-7-8-6-4-2/h1,3-5,7H,2,6,8H2. The molecule has 0 aliphatic carbocycles. The summed E-state index contributed by atoms with van der Waals surface area (Å²) in [5, 5.41) is 0. The Morgan fingerprint density at radius 3 is 2.62 bits per heavy atom. The summed E-state index contributed by atoms with van der Waals surface area (Å²) in [7, 11) is 0. The van der Waals surface area contributed by atoms with Gasteiger partial charge in [-0.25, -0.2) is 0 Å². The Bertz CT molecular complexity index is 88.2. The van der Waals surface area contributed by atoms with Gasteiger partial charge in [-0.2, -0.15) is 0 Å². The summed E-state index contributed by atoms with van der Waals surface area (Å²) in [6.07, 6.45) is 9.34. The predicted octanol–water partition coefficient (Wildman–Crippen LogP) is 2.50. The van der Waals surface area contributed by atoms with Crippen LogP contribution in [0.1, 0.15) is 12.8 Å². The SMILES string of the molecule is [CH]=CC=CCCC=C. The van der Waals surface area contributed by atoms with E-state index in [1.54, 1.807) is 0 Å². The van der Waals surface area contributed by atoms with Gasteiger partial charge < -0.3 is 0 Å². The molecule has 0 rings (SSSR count). The highest BCUT2D eigenvalue weighted by Gasteiger charge is 1.69. The summed E-state index contributed by atoms with van der Waals surface area (Å²) in [4.78, 5) is 0. The molecule has 8 heavy (non-hydrogen) atoms. The molecule has 0 saturated carbocycles. The zero-order valence-corrected chi connectivity index (χ0v) is 5.01. The Morgan fingerprint density at radius 1 is 1.38 bits per heavy atom. The molecule has 0 fully saturated rings. The van der Waals surface area contributed by atoms with E-state index < -0.39 is 0 Å². The van der Waals surface area contributed by atoms with Crippen molar-refractivity contribution < 1.29 is 0 Å². The van der Waals surface area contributed by atoms with Crippen LogP contribution >= 0.6 is 0 Å². The molecule has 0 heteroatoms. The van der Waals surface area contributed by atoms with Crippen LogP contribution in [-0.4, -0.2) is 0 Å². The topological polar surface area (TPSA) is 0 Å². The number of hydrogen-bond acceptors (Lipinski definition) is 0. The normalized spacial score (nSPS) is 9.50. The second kappa shape index (κ2) is 6.22. The zero-order chi connectivity index (χ0) is 6.24. The monoisotopic (exact) mass is 107 g/mol. The largest absolute Gasteiger partial charge is 0.103 e. The summed E-state index contributed by atoms with van der Waals surface area (Å²) in [5.74, 6) is 0. The van der Waals surface area contributed by atoms with Gasteiger partial charge in [-0.15, -0.1) is 6.58 Å². The highest BCUT2D eigenvalue weighted by molar-refractivity contribution is 4.96. The van der Waals surface area contributed by atoms with Gasteiger partial charge in [-0.05, 0) is 12.8 Å². The summed E-state index contributed by atoms with van der Waals surface area (Å²) < 4.78 is 0. The van der Waals surface area contributed by atoms with Gasteiger partial charge in [0.05, 0.1) is 0 Å². The lowest BCUT2D eigenvalue weighted by Gasteiger charge is -1.79. The molecule has 0 saturated heterocycles. The van der Waals surface area contributed by atoms with E-state index in [0.717, 1.165) is 12.8 Å². The van der Waals surface area contributed by atoms with E-state index in [4.69, 9.17) is 6.58 Å². The minimum absolute atomic E-state index is 1.03. The van der Waals surface area contributed by atoms with Crippen molar-refractivity contribution in [2.45, 2.75) is 12.8 Å². The first-order valence-electron chi connectivity index (χ1n) is 2.72. The lowest BCUT2D eigenvalue weighted by molar-refractivity contribution is 1.06. The van der Waals surface area contributed by atoms with E-state index in [2.05, 4.69) is 6.58 Å². The number of allylic oxidation sites excluding steroid dienone is 4. The van der Waals surface area contributed by atoms with Crippen LogP contribution in [-0.2, 0) is 0 Å². The Labute approximate surface area is 51.2 Å². The number of hydrogen-bond donors (Lipinski definition) is 0. The molecule has 0 amide bonds. The highest BCUT2D eigenvalue weighted by atomic mass is 13.8. The predicted molar refractivity (Wildman–Crippen MR) is 37.4 cm³/mol. The van der Waals surface area contributed by atoms with E-state index >= 15 is 0 Å². The van der Waals surface area contributed by atoms with Crippen molar-refractivity contribution in [1.29, 1.82) is 0 Å². The molecule has 43 valence electrons. The molecule has 0 N–H and O–H groups in total. The Balaban J connectivity index is 3.02. The van der Waals surface area contributed by atoms with Crippen molar-refractivity contribution in [3.8, 4) is 0 Å². The molecule has 0 nitrogen and oxygen atoms in total. The second-order valence-corrected chi connectivity index (χ2v) is 1.49. The Morgan fingerprint density at radius 2 is 2.12 bits per heavy atom. The van der Waals surface area contributed by atoms with Crippen molar-refractivity contribution in [1.82, 2.24) is 0 Å². The van der Waals surface area contributed by atoms with Crippen LogP contribution in [0.3, 0.4) is 0 Å². The molecular weight excluding hydrogens is 96.1 g/mol. The van der Waals surface area contributed by atoms with Crippen molar-refractivity contribution in [2.24, 2.45) is 0 Å². The van der Waals surface area contributed by atoms with Crippen LogP contribution in [0.2, 0.25) is 0 Å². The van der Waals surface area contributed by atoms with E-state index in [1.165, 1.54) is 6.08 Å². The van der Waals surface area contributed by atoms with Crippen LogP contribution in [0.25, 0.3) is 0 Å². The second-order valence-electron chi connectivity index (χ2n) is 1.49. The Hall–Kier alpha value is -0.780. The van der Waals surface area contributed by atoms with Crippen LogP contribution < -0.4 is 0 Å². The van der Waals surface area contributed by atoms with Crippen molar-refractivity contribution in [2.75, 3.05) is 0 Å². The molecule has 0 aromatic heterocycles. The number of rotatable bonds is 4. The van der Waals surface area contributed by atoms with Gasteiger partial charge in [0, 0.05) is 0 Å². The third-order valence-electron chi connectivity index (χ3n) is 0.785. The lowest BCUT2D eigenvalue weighted by Crippen LogP contribution is -1.59. The van der Waals surface area contributed by atoms with Crippen molar-refractivity contribution in [3.05, 3.63) is 37.5 Å². The fourth-order valence-electron chi connectivity index (χ4n) is 0.389. The van der Waals surface area contributed by atoms with Gasteiger partial charge in [-0.3, -0.25) is 0 Å². The highest BCUT2D eigenvalue weighted by Crippen LogP contribution is 1.89. The third-order valence-corrected chi connectivity index (χ3v) is 0.785. The molecular formula is C8H11. The van der Waals surface area contributed by atoms with Gasteiger partial charge in [0.15, 0.2) is 0 Å². The third kappa shape index (κ3) is 5.22. The average molecular weight is 107 g/mol. The summed E-state index contributed by atoms with van der Waals surface area (Å²) >= 11 is 0. The van der Waals surface area contributed by atoms with E-state index in [9.17, 15) is 0 Å². The van der Waals surface area contributed by atoms with Crippen LogP contribution in [0.15, 0.2) is 30.9 Å². The van der Waals surface area contributed by atoms with E-state index in [0.29, 0.717) is 0 Å². The molecule has 0 aliphatic rings. The van der Waals surface area contributed by atoms with Gasteiger partial charge in [0.25, 0.3) is 0 Å². The van der Waals surface area contributed by atoms with Crippen LogP contribution in [0, 0.1) is 6.58 Å². The Kier molecular flexibility index (Phi) is 5.61. The molecule has 1 radical (unpaired) electrons.